The van der Waals surface area contributed by atoms with Gasteiger partial charge < -0.3 is 10.3 Å². The minimum absolute atomic E-state index is 0.144. The van der Waals surface area contributed by atoms with Gasteiger partial charge in [0.15, 0.2) is 5.82 Å². The van der Waals surface area contributed by atoms with E-state index in [1.54, 1.807) is 0 Å². The summed E-state index contributed by atoms with van der Waals surface area (Å²) >= 11 is 0. The Morgan fingerprint density at radius 3 is 2.82 bits per heavy atom. The molecule has 0 radical (unpaired) electrons. The van der Waals surface area contributed by atoms with Crippen molar-refractivity contribution in [1.29, 1.82) is 0 Å². The summed E-state index contributed by atoms with van der Waals surface area (Å²) in [7, 11) is 0. The average molecular weight is 153 g/mol. The van der Waals surface area contributed by atoms with Crippen LogP contribution < -0.4 is 5.73 Å². The van der Waals surface area contributed by atoms with Gasteiger partial charge in [0.2, 0.25) is 5.89 Å². The van der Waals surface area contributed by atoms with Gasteiger partial charge in [0.05, 0.1) is 6.04 Å². The van der Waals surface area contributed by atoms with Crippen molar-refractivity contribution in [3.05, 3.63) is 11.7 Å². The van der Waals surface area contributed by atoms with Crippen LogP contribution in [-0.4, -0.2) is 10.1 Å². The molecule has 2 N–H and O–H groups in total. The Hall–Kier alpha value is -0.900. The second-order valence-electron chi connectivity index (χ2n) is 3.05. The molecular formula is C7H11N3O. The fraction of sp³-hybridized carbons (Fsp3) is 0.714. The number of hydrogen-bond acceptors (Lipinski definition) is 4. The minimum atomic E-state index is -0.144. The molecule has 4 nitrogen and oxygen atoms in total. The van der Waals surface area contributed by atoms with E-state index in [2.05, 4.69) is 10.1 Å². The lowest BCUT2D eigenvalue weighted by atomic mass is 10.3. The molecule has 1 aliphatic rings. The summed E-state index contributed by atoms with van der Waals surface area (Å²) in [6.45, 7) is 1.84. The summed E-state index contributed by atoms with van der Waals surface area (Å²) in [6, 6.07) is -0.144. The molecule has 0 aromatic carbocycles. The highest BCUT2D eigenvalue weighted by atomic mass is 16.5. The average Bonchev–Trinajstić information content (AvgIpc) is 2.68. The molecule has 1 aliphatic carbocycles. The summed E-state index contributed by atoms with van der Waals surface area (Å²) in [6.07, 6.45) is 2.38. The van der Waals surface area contributed by atoms with Crippen LogP contribution in [0.1, 0.15) is 43.4 Å². The van der Waals surface area contributed by atoms with Crippen molar-refractivity contribution in [3.63, 3.8) is 0 Å². The van der Waals surface area contributed by atoms with Crippen molar-refractivity contribution < 1.29 is 4.52 Å². The first kappa shape index (κ1) is 6.79. The zero-order valence-corrected chi connectivity index (χ0v) is 6.45. The topological polar surface area (TPSA) is 64.9 Å². The van der Waals surface area contributed by atoms with E-state index in [-0.39, 0.29) is 6.04 Å². The van der Waals surface area contributed by atoms with Crippen LogP contribution in [0.25, 0.3) is 0 Å². The Morgan fingerprint density at radius 1 is 1.64 bits per heavy atom. The highest BCUT2D eigenvalue weighted by Crippen LogP contribution is 2.38. The summed E-state index contributed by atoms with van der Waals surface area (Å²) in [4.78, 5) is 4.17. The van der Waals surface area contributed by atoms with Gasteiger partial charge in [0.1, 0.15) is 0 Å². The van der Waals surface area contributed by atoms with Crippen molar-refractivity contribution >= 4 is 0 Å². The Bertz CT molecular complexity index is 235. The lowest BCUT2D eigenvalue weighted by Gasteiger charge is -1.92. The fourth-order valence-electron chi connectivity index (χ4n) is 0.940. The van der Waals surface area contributed by atoms with Gasteiger partial charge in [0, 0.05) is 5.92 Å². The van der Waals surface area contributed by atoms with Crippen LogP contribution in [-0.2, 0) is 0 Å². The highest BCUT2D eigenvalue weighted by Gasteiger charge is 2.29. The van der Waals surface area contributed by atoms with E-state index in [1.165, 1.54) is 12.8 Å². The monoisotopic (exact) mass is 153 g/mol. The Balaban J connectivity index is 2.18. The Morgan fingerprint density at radius 2 is 2.36 bits per heavy atom. The van der Waals surface area contributed by atoms with Crippen LogP contribution in [0.5, 0.6) is 0 Å². The smallest absolute Gasteiger partial charge is 0.243 e. The van der Waals surface area contributed by atoms with Gasteiger partial charge >= 0.3 is 0 Å². The molecule has 1 fully saturated rings. The van der Waals surface area contributed by atoms with Crippen molar-refractivity contribution in [3.8, 4) is 0 Å². The van der Waals surface area contributed by atoms with Crippen LogP contribution in [0, 0.1) is 0 Å². The standard InChI is InChI=1S/C7H11N3O/c1-4(8)7-9-6(10-11-7)5-2-3-5/h4-5H,2-3,8H2,1H3. The molecule has 1 heterocycles. The summed E-state index contributed by atoms with van der Waals surface area (Å²) in [5.41, 5.74) is 5.55. The van der Waals surface area contributed by atoms with Gasteiger partial charge in [-0.3, -0.25) is 0 Å². The fourth-order valence-corrected chi connectivity index (χ4v) is 0.940. The van der Waals surface area contributed by atoms with Crippen molar-refractivity contribution in [2.45, 2.75) is 31.7 Å². The molecule has 0 bridgehead atoms. The Kier molecular flexibility index (Phi) is 1.42. The first-order valence-corrected chi connectivity index (χ1v) is 3.86. The van der Waals surface area contributed by atoms with Crippen LogP contribution in [0.4, 0.5) is 0 Å². The normalized spacial score (nSPS) is 20.2. The molecule has 0 spiro atoms. The summed E-state index contributed by atoms with van der Waals surface area (Å²) in [5, 5.41) is 3.83. The van der Waals surface area contributed by atoms with Crippen molar-refractivity contribution in [2.75, 3.05) is 0 Å². The van der Waals surface area contributed by atoms with E-state index in [9.17, 15) is 0 Å². The molecule has 0 amide bonds. The second kappa shape index (κ2) is 2.30. The SMILES string of the molecule is CC(N)c1nc(C2CC2)no1. The van der Waals surface area contributed by atoms with Crippen LogP contribution in [0.2, 0.25) is 0 Å². The largest absolute Gasteiger partial charge is 0.338 e. The molecule has 4 heteroatoms. The molecule has 1 unspecified atom stereocenters. The zero-order valence-electron chi connectivity index (χ0n) is 6.45. The van der Waals surface area contributed by atoms with E-state index in [4.69, 9.17) is 10.3 Å². The third kappa shape index (κ3) is 1.26. The molecule has 1 aromatic heterocycles. The minimum Gasteiger partial charge on any atom is -0.338 e. The van der Waals surface area contributed by atoms with Crippen LogP contribution in [0.3, 0.4) is 0 Å². The van der Waals surface area contributed by atoms with Crippen molar-refractivity contribution in [1.82, 2.24) is 10.1 Å². The molecule has 11 heavy (non-hydrogen) atoms. The lowest BCUT2D eigenvalue weighted by molar-refractivity contribution is 0.357. The predicted octanol–water partition coefficient (Wildman–Crippen LogP) is 0.967. The zero-order chi connectivity index (χ0) is 7.84. The lowest BCUT2D eigenvalue weighted by Crippen LogP contribution is -2.05. The maximum absolute atomic E-state index is 5.55. The number of aromatic nitrogens is 2. The van der Waals surface area contributed by atoms with Crippen LogP contribution >= 0.6 is 0 Å². The van der Waals surface area contributed by atoms with Gasteiger partial charge in [-0.05, 0) is 19.8 Å². The third-order valence-electron chi connectivity index (χ3n) is 1.79. The van der Waals surface area contributed by atoms with E-state index in [0.29, 0.717) is 11.8 Å². The summed E-state index contributed by atoms with van der Waals surface area (Å²) in [5.74, 6) is 1.93. The van der Waals surface area contributed by atoms with Gasteiger partial charge in [-0.1, -0.05) is 5.16 Å². The van der Waals surface area contributed by atoms with Gasteiger partial charge in [-0.15, -0.1) is 0 Å². The summed E-state index contributed by atoms with van der Waals surface area (Å²) < 4.78 is 4.94. The molecule has 60 valence electrons. The maximum Gasteiger partial charge on any atom is 0.243 e. The maximum atomic E-state index is 5.55. The van der Waals surface area contributed by atoms with Gasteiger partial charge in [-0.25, -0.2) is 0 Å². The first-order valence-electron chi connectivity index (χ1n) is 3.86. The van der Waals surface area contributed by atoms with Gasteiger partial charge in [0.25, 0.3) is 0 Å². The molecule has 0 aliphatic heterocycles. The quantitative estimate of drug-likeness (QED) is 0.687. The van der Waals surface area contributed by atoms with Crippen molar-refractivity contribution in [2.24, 2.45) is 5.73 Å². The molecule has 2 rings (SSSR count). The number of nitrogens with zero attached hydrogens (tertiary/aromatic N) is 2. The molecule has 1 saturated carbocycles. The van der Waals surface area contributed by atoms with Crippen LogP contribution in [0.15, 0.2) is 4.52 Å². The molecule has 0 saturated heterocycles. The Labute approximate surface area is 64.8 Å². The third-order valence-corrected chi connectivity index (χ3v) is 1.79. The highest BCUT2D eigenvalue weighted by molar-refractivity contribution is 5.04. The molecular weight excluding hydrogens is 142 g/mol. The molecule has 1 atom stereocenters. The first-order chi connectivity index (χ1) is 5.27. The van der Waals surface area contributed by atoms with E-state index in [0.717, 1.165) is 5.82 Å². The van der Waals surface area contributed by atoms with E-state index in [1.807, 2.05) is 6.92 Å². The van der Waals surface area contributed by atoms with E-state index < -0.39 is 0 Å². The predicted molar refractivity (Wildman–Crippen MR) is 38.9 cm³/mol. The second-order valence-corrected chi connectivity index (χ2v) is 3.05. The number of hydrogen-bond donors (Lipinski definition) is 1. The number of nitrogens with two attached hydrogens (primary N) is 1. The van der Waals surface area contributed by atoms with E-state index >= 15 is 0 Å². The molecule has 1 aromatic rings. The number of rotatable bonds is 2. The van der Waals surface area contributed by atoms with Gasteiger partial charge in [-0.2, -0.15) is 4.98 Å².